The predicted molar refractivity (Wildman–Crippen MR) is 148 cm³/mol. The highest BCUT2D eigenvalue weighted by atomic mass is 16.6. The number of benzene rings is 4. The van der Waals surface area contributed by atoms with Crippen LogP contribution >= 0.6 is 0 Å². The quantitative estimate of drug-likeness (QED) is 0.137. The van der Waals surface area contributed by atoms with Crippen molar-refractivity contribution < 1.29 is 15.1 Å². The van der Waals surface area contributed by atoms with Gasteiger partial charge < -0.3 is 15.5 Å². The van der Waals surface area contributed by atoms with Crippen LogP contribution in [-0.2, 0) is 0 Å². The normalized spacial score (nSPS) is 14.9. The van der Waals surface area contributed by atoms with Crippen molar-refractivity contribution in [1.82, 2.24) is 5.32 Å². The molecule has 0 aliphatic carbocycles. The van der Waals surface area contributed by atoms with Gasteiger partial charge in [0, 0.05) is 0 Å². The van der Waals surface area contributed by atoms with Crippen LogP contribution in [0.15, 0.2) is 138 Å². The van der Waals surface area contributed by atoms with Gasteiger partial charge in [0.15, 0.2) is 0 Å². The Morgan fingerprint density at radius 2 is 1.11 bits per heavy atom. The van der Waals surface area contributed by atoms with Crippen LogP contribution in [0.4, 0.5) is 0 Å². The first-order valence-electron chi connectivity index (χ1n) is 12.2. The summed E-state index contributed by atoms with van der Waals surface area (Å²) in [5.41, 5.74) is 2.50. The summed E-state index contributed by atoms with van der Waals surface area (Å²) in [6, 6.07) is 35.2. The maximum atomic E-state index is 12.0. The van der Waals surface area contributed by atoms with E-state index in [0.29, 0.717) is 11.1 Å². The molecule has 4 aromatic rings. The van der Waals surface area contributed by atoms with E-state index in [-0.39, 0.29) is 5.70 Å². The smallest absolute Gasteiger partial charge is 0.302 e. The maximum absolute atomic E-state index is 12.0. The van der Waals surface area contributed by atoms with Gasteiger partial charge in [0.2, 0.25) is 0 Å². The number of aliphatic imine (C=N–C) groups is 1. The van der Waals surface area contributed by atoms with Crippen LogP contribution in [0.25, 0.3) is 0 Å². The van der Waals surface area contributed by atoms with E-state index in [2.05, 4.69) is 10.3 Å². The molecule has 0 fully saturated rings. The van der Waals surface area contributed by atoms with Crippen molar-refractivity contribution in [2.75, 3.05) is 0 Å². The minimum Gasteiger partial charge on any atom is -0.386 e. The molecular weight excluding hydrogens is 478 g/mol. The first-order valence-corrected chi connectivity index (χ1v) is 12.2. The van der Waals surface area contributed by atoms with Crippen LogP contribution in [0, 0.1) is 10.1 Å². The van der Waals surface area contributed by atoms with Gasteiger partial charge in [0.1, 0.15) is 24.5 Å². The molecule has 0 aromatic heterocycles. The summed E-state index contributed by atoms with van der Waals surface area (Å²) in [6.07, 6.45) is 0.419. The van der Waals surface area contributed by atoms with Crippen molar-refractivity contribution in [3.63, 3.8) is 0 Å². The van der Waals surface area contributed by atoms with Gasteiger partial charge in [-0.1, -0.05) is 121 Å². The number of rotatable bonds is 11. The molecule has 3 N–H and O–H groups in total. The van der Waals surface area contributed by atoms with Gasteiger partial charge in [0.05, 0.1) is 17.2 Å². The maximum Gasteiger partial charge on any atom is 0.302 e. The molecule has 4 atom stereocenters. The summed E-state index contributed by atoms with van der Waals surface area (Å²) in [4.78, 5) is 15.9. The zero-order valence-corrected chi connectivity index (χ0v) is 20.6. The minimum atomic E-state index is -1.01. The second kappa shape index (κ2) is 13.1. The molecule has 0 radical (unpaired) electrons. The lowest BCUT2D eigenvalue weighted by Crippen LogP contribution is -2.24. The molecule has 7 nitrogen and oxygen atoms in total. The molecule has 4 rings (SSSR count). The Morgan fingerprint density at radius 3 is 1.58 bits per heavy atom. The molecule has 38 heavy (non-hydrogen) atoms. The number of allylic oxidation sites excluding steroid dienone is 1. The van der Waals surface area contributed by atoms with Crippen LogP contribution in [-0.4, -0.2) is 21.4 Å². The lowest BCUT2D eigenvalue weighted by atomic mass is 9.96. The van der Waals surface area contributed by atoms with E-state index in [4.69, 9.17) is 0 Å². The molecule has 0 bridgehead atoms. The molecule has 7 heteroatoms. The third-order valence-corrected chi connectivity index (χ3v) is 6.19. The Labute approximate surface area is 221 Å². The molecule has 0 unspecified atom stereocenters. The van der Waals surface area contributed by atoms with E-state index >= 15 is 0 Å². The van der Waals surface area contributed by atoms with Crippen LogP contribution in [0.2, 0.25) is 0 Å². The lowest BCUT2D eigenvalue weighted by molar-refractivity contribution is -0.414. The third-order valence-electron chi connectivity index (χ3n) is 6.19. The van der Waals surface area contributed by atoms with E-state index < -0.39 is 29.2 Å². The minimum absolute atomic E-state index is 0.313. The fraction of sp³-hybridized carbons (Fsp3) is 0.129. The highest BCUT2D eigenvalue weighted by molar-refractivity contribution is 5.75. The fourth-order valence-corrected chi connectivity index (χ4v) is 4.17. The summed E-state index contributed by atoms with van der Waals surface area (Å²) in [5, 5.41) is 37.2. The van der Waals surface area contributed by atoms with E-state index in [9.17, 15) is 20.3 Å². The number of hydrogen-bond donors (Lipinski definition) is 3. The molecule has 0 saturated carbocycles. The number of aliphatic hydroxyl groups excluding tert-OH is 2. The summed E-state index contributed by atoms with van der Waals surface area (Å²) in [7, 11) is 0. The van der Waals surface area contributed by atoms with Crippen LogP contribution in [0.1, 0.15) is 46.5 Å². The summed E-state index contributed by atoms with van der Waals surface area (Å²) in [6.45, 7) is 0. The number of nitrogens with zero attached hydrogens (tertiary/aromatic N) is 2. The van der Waals surface area contributed by atoms with Gasteiger partial charge in [-0.2, -0.15) is 0 Å². The topological polar surface area (TPSA) is 108 Å². The molecule has 192 valence electrons. The van der Waals surface area contributed by atoms with Gasteiger partial charge in [-0.15, -0.1) is 0 Å². The predicted octanol–water partition coefficient (Wildman–Crippen LogP) is 5.71. The van der Waals surface area contributed by atoms with Crippen LogP contribution < -0.4 is 5.32 Å². The van der Waals surface area contributed by atoms with Gasteiger partial charge in [-0.3, -0.25) is 15.1 Å². The van der Waals surface area contributed by atoms with E-state index in [1.165, 1.54) is 6.20 Å². The monoisotopic (exact) mass is 507 g/mol. The van der Waals surface area contributed by atoms with Crippen molar-refractivity contribution in [3.8, 4) is 0 Å². The van der Waals surface area contributed by atoms with Crippen LogP contribution in [0.3, 0.4) is 0 Å². The van der Waals surface area contributed by atoms with E-state index in [1.807, 2.05) is 97.1 Å². The molecule has 0 amide bonds. The lowest BCUT2D eigenvalue weighted by Gasteiger charge is -2.24. The van der Waals surface area contributed by atoms with Crippen molar-refractivity contribution in [2.45, 2.75) is 24.3 Å². The Balaban J connectivity index is 1.64. The average Bonchev–Trinajstić information content (AvgIpc) is 2.98. The Kier molecular flexibility index (Phi) is 9.12. The molecule has 0 aliphatic heterocycles. The van der Waals surface area contributed by atoms with Gasteiger partial charge >= 0.3 is 5.70 Å². The molecule has 0 heterocycles. The van der Waals surface area contributed by atoms with Crippen LogP contribution in [0.5, 0.6) is 0 Å². The van der Waals surface area contributed by atoms with Gasteiger partial charge in [-0.25, -0.2) is 0 Å². The van der Waals surface area contributed by atoms with Crippen molar-refractivity contribution >= 4 is 6.21 Å². The summed E-state index contributed by atoms with van der Waals surface area (Å²) in [5.74, 6) is 0. The fourth-order valence-electron chi connectivity index (χ4n) is 4.17. The zero-order valence-electron chi connectivity index (χ0n) is 20.6. The second-order valence-corrected chi connectivity index (χ2v) is 8.73. The average molecular weight is 508 g/mol. The van der Waals surface area contributed by atoms with E-state index in [0.717, 1.165) is 17.3 Å². The first-order chi connectivity index (χ1) is 18.5. The standard InChI is InChI=1S/C31H29N3O4/c35-30(25-17-9-3-10-18-25)28(23-13-5-1-6-14-23)32-21-27(34(37)38)22-33-29(24-15-7-2-8-16-24)31(36)26-19-11-4-12-20-26/h1-22,28-32,35-36H/b27-21-,33-22?/t28-,29-,30+,31+/m1/s1. The Morgan fingerprint density at radius 1 is 0.684 bits per heavy atom. The Hall–Kier alpha value is -4.59. The largest absolute Gasteiger partial charge is 0.386 e. The molecular formula is C31H29N3O4. The number of nitrogens with one attached hydrogen (secondary N) is 1. The third kappa shape index (κ3) is 6.79. The van der Waals surface area contributed by atoms with E-state index in [1.54, 1.807) is 24.3 Å². The highest BCUT2D eigenvalue weighted by Gasteiger charge is 2.24. The van der Waals surface area contributed by atoms with Gasteiger partial charge in [0.25, 0.3) is 0 Å². The van der Waals surface area contributed by atoms with Crippen molar-refractivity contribution in [1.29, 1.82) is 0 Å². The molecule has 4 aromatic carbocycles. The Bertz CT molecular complexity index is 1350. The number of nitro groups is 1. The first kappa shape index (κ1) is 26.5. The highest BCUT2D eigenvalue weighted by Crippen LogP contribution is 2.32. The molecule has 0 aliphatic rings. The summed E-state index contributed by atoms with van der Waals surface area (Å²) >= 11 is 0. The van der Waals surface area contributed by atoms with Crippen molar-refractivity contribution in [2.24, 2.45) is 4.99 Å². The SMILES string of the molecule is O=[N+]([O-])/C(C=N[C@H](c1ccccc1)[C@@H](O)c1ccccc1)=C\N[C@H](c1ccccc1)[C@@H](O)c1ccccc1. The second-order valence-electron chi connectivity index (χ2n) is 8.73. The van der Waals surface area contributed by atoms with Gasteiger partial charge in [-0.05, 0) is 22.3 Å². The van der Waals surface area contributed by atoms with Crippen molar-refractivity contribution in [3.05, 3.63) is 166 Å². The number of hydrogen-bond acceptors (Lipinski definition) is 6. The summed E-state index contributed by atoms with van der Waals surface area (Å²) < 4.78 is 0. The zero-order chi connectivity index (χ0) is 26.7. The number of aliphatic hydroxyl groups is 2. The molecule has 0 saturated heterocycles. The molecule has 0 spiro atoms.